The van der Waals surface area contributed by atoms with Gasteiger partial charge in [0.1, 0.15) is 6.17 Å². The Bertz CT molecular complexity index is 1080. The third kappa shape index (κ3) is 6.50. The number of nitrogens with one attached hydrogen (secondary N) is 2. The van der Waals surface area contributed by atoms with Crippen LogP contribution < -0.4 is 10.6 Å². The average Bonchev–Trinajstić information content (AvgIpc) is 2.82. The van der Waals surface area contributed by atoms with Crippen molar-refractivity contribution in [3.8, 4) is 0 Å². The second-order valence-electron chi connectivity index (χ2n) is 6.75. The molecule has 2 amide bonds. The molecule has 7 nitrogen and oxygen atoms in total. The van der Waals surface area contributed by atoms with Gasteiger partial charge in [-0.15, -0.1) is 0 Å². The summed E-state index contributed by atoms with van der Waals surface area (Å²) in [5.41, 5.74) is 1.59. The number of nitro benzene ring substituents is 1. The molecule has 7 heteroatoms. The topological polar surface area (TPSA) is 101 Å². The fourth-order valence-electron chi connectivity index (χ4n) is 2.94. The molecule has 0 saturated carbocycles. The Morgan fingerprint density at radius 2 is 1.16 bits per heavy atom. The van der Waals surface area contributed by atoms with Gasteiger partial charge in [-0.25, -0.2) is 0 Å². The number of amides is 2. The molecule has 0 fully saturated rings. The van der Waals surface area contributed by atoms with Gasteiger partial charge in [-0.2, -0.15) is 0 Å². The van der Waals surface area contributed by atoms with Crippen molar-refractivity contribution in [1.29, 1.82) is 0 Å². The van der Waals surface area contributed by atoms with Crippen molar-refractivity contribution in [1.82, 2.24) is 10.6 Å². The van der Waals surface area contributed by atoms with Crippen molar-refractivity contribution in [2.45, 2.75) is 6.17 Å². The van der Waals surface area contributed by atoms with Crippen LogP contribution in [-0.4, -0.2) is 16.7 Å². The van der Waals surface area contributed by atoms with Crippen LogP contribution in [0, 0.1) is 10.1 Å². The molecule has 0 saturated heterocycles. The summed E-state index contributed by atoms with van der Waals surface area (Å²) >= 11 is 0. The highest BCUT2D eigenvalue weighted by Gasteiger charge is 2.23. The highest BCUT2D eigenvalue weighted by atomic mass is 16.6. The van der Waals surface area contributed by atoms with Crippen LogP contribution >= 0.6 is 0 Å². The molecule has 0 radical (unpaired) electrons. The zero-order valence-electron chi connectivity index (χ0n) is 17.0. The molecule has 3 aromatic rings. The third-order valence-electron chi connectivity index (χ3n) is 4.47. The number of nitro groups is 1. The highest BCUT2D eigenvalue weighted by molar-refractivity contribution is 5.94. The van der Waals surface area contributed by atoms with E-state index in [1.54, 1.807) is 18.2 Å². The van der Waals surface area contributed by atoms with Gasteiger partial charge in [-0.05, 0) is 29.3 Å². The molecule has 0 bridgehead atoms. The molecule has 160 valence electrons. The van der Waals surface area contributed by atoms with Gasteiger partial charge in [0.05, 0.1) is 10.5 Å². The van der Waals surface area contributed by atoms with E-state index in [0.29, 0.717) is 0 Å². The van der Waals surface area contributed by atoms with Gasteiger partial charge in [-0.1, -0.05) is 72.8 Å². The van der Waals surface area contributed by atoms with E-state index < -0.39 is 22.9 Å². The maximum atomic E-state index is 12.5. The SMILES string of the molecule is O=C(/C=C/c1ccccc1)NC(NC(=O)/C=C/c1ccccc1)c1ccccc1[N+](=O)[O-]. The van der Waals surface area contributed by atoms with Crippen molar-refractivity contribution in [2.75, 3.05) is 0 Å². The van der Waals surface area contributed by atoms with Gasteiger partial charge in [-0.3, -0.25) is 19.7 Å². The highest BCUT2D eigenvalue weighted by Crippen LogP contribution is 2.23. The second-order valence-corrected chi connectivity index (χ2v) is 6.75. The largest absolute Gasteiger partial charge is 0.328 e. The Kier molecular flexibility index (Phi) is 7.64. The summed E-state index contributed by atoms with van der Waals surface area (Å²) in [5, 5.41) is 16.7. The van der Waals surface area contributed by atoms with E-state index in [1.165, 1.54) is 30.4 Å². The maximum absolute atomic E-state index is 12.5. The van der Waals surface area contributed by atoms with E-state index >= 15 is 0 Å². The van der Waals surface area contributed by atoms with Crippen LogP contribution in [0.1, 0.15) is 22.9 Å². The van der Waals surface area contributed by atoms with Crippen LogP contribution in [0.3, 0.4) is 0 Å². The predicted octanol–water partition coefficient (Wildman–Crippen LogP) is 4.25. The molecule has 0 heterocycles. The molecule has 0 aromatic heterocycles. The Hall–Kier alpha value is -4.52. The normalized spacial score (nSPS) is 11.0. The monoisotopic (exact) mass is 427 g/mol. The average molecular weight is 427 g/mol. The molecule has 0 spiro atoms. The number of carbonyl (C=O) groups excluding carboxylic acids is 2. The lowest BCUT2D eigenvalue weighted by Crippen LogP contribution is -2.40. The van der Waals surface area contributed by atoms with Crippen LogP contribution in [0.4, 0.5) is 5.69 Å². The van der Waals surface area contributed by atoms with Crippen LogP contribution in [0.2, 0.25) is 0 Å². The molecular weight excluding hydrogens is 406 g/mol. The minimum atomic E-state index is -1.10. The Morgan fingerprint density at radius 3 is 1.62 bits per heavy atom. The summed E-state index contributed by atoms with van der Waals surface area (Å²) in [4.78, 5) is 35.9. The van der Waals surface area contributed by atoms with Crippen molar-refractivity contribution >= 4 is 29.7 Å². The minimum absolute atomic E-state index is 0.167. The predicted molar refractivity (Wildman–Crippen MR) is 123 cm³/mol. The summed E-state index contributed by atoms with van der Waals surface area (Å²) in [6.07, 6.45) is 4.75. The molecule has 0 atom stereocenters. The van der Waals surface area contributed by atoms with Crippen LogP contribution in [0.15, 0.2) is 97.1 Å². The van der Waals surface area contributed by atoms with E-state index in [1.807, 2.05) is 60.7 Å². The van der Waals surface area contributed by atoms with Gasteiger partial charge in [0.2, 0.25) is 11.8 Å². The standard InChI is InChI=1S/C25H21N3O4/c29-23(17-15-19-9-3-1-4-10-19)26-25(21-13-7-8-14-22(21)28(31)32)27-24(30)18-16-20-11-5-2-6-12-20/h1-18,25H,(H,26,29)(H,27,30)/b17-15+,18-16+. The quantitative estimate of drug-likeness (QED) is 0.243. The van der Waals surface area contributed by atoms with Gasteiger partial charge in [0.15, 0.2) is 0 Å². The van der Waals surface area contributed by atoms with Gasteiger partial charge in [0, 0.05) is 18.2 Å². The summed E-state index contributed by atoms with van der Waals surface area (Å²) in [6, 6.07) is 24.4. The summed E-state index contributed by atoms with van der Waals surface area (Å²) in [5.74, 6) is -1.02. The fourth-order valence-corrected chi connectivity index (χ4v) is 2.94. The number of rotatable bonds is 8. The van der Waals surface area contributed by atoms with E-state index in [-0.39, 0.29) is 11.3 Å². The van der Waals surface area contributed by atoms with Crippen molar-refractivity contribution in [3.05, 3.63) is 124 Å². The van der Waals surface area contributed by atoms with E-state index in [4.69, 9.17) is 0 Å². The molecule has 32 heavy (non-hydrogen) atoms. The van der Waals surface area contributed by atoms with Crippen LogP contribution in [-0.2, 0) is 9.59 Å². The van der Waals surface area contributed by atoms with Crippen LogP contribution in [0.5, 0.6) is 0 Å². The fraction of sp³-hybridized carbons (Fsp3) is 0.0400. The lowest BCUT2D eigenvalue weighted by molar-refractivity contribution is -0.385. The van der Waals surface area contributed by atoms with Gasteiger partial charge in [0.25, 0.3) is 5.69 Å². The third-order valence-corrected chi connectivity index (χ3v) is 4.47. The first kappa shape index (κ1) is 22.2. The first-order valence-electron chi connectivity index (χ1n) is 9.83. The number of benzene rings is 3. The summed E-state index contributed by atoms with van der Waals surface area (Å²) in [7, 11) is 0. The number of hydrogen-bond acceptors (Lipinski definition) is 4. The summed E-state index contributed by atoms with van der Waals surface area (Å²) in [6.45, 7) is 0. The van der Waals surface area contributed by atoms with Crippen molar-refractivity contribution in [2.24, 2.45) is 0 Å². The summed E-state index contributed by atoms with van der Waals surface area (Å²) < 4.78 is 0. The Labute approximate surface area is 185 Å². The number of para-hydroxylation sites is 1. The molecule has 0 aliphatic heterocycles. The zero-order valence-corrected chi connectivity index (χ0v) is 17.0. The van der Waals surface area contributed by atoms with E-state index in [2.05, 4.69) is 10.6 Å². The molecule has 0 unspecified atom stereocenters. The molecule has 0 aliphatic rings. The smallest absolute Gasteiger partial charge is 0.276 e. The number of nitrogens with zero attached hydrogens (tertiary/aromatic N) is 1. The second kappa shape index (κ2) is 11.0. The minimum Gasteiger partial charge on any atom is -0.328 e. The van der Waals surface area contributed by atoms with Gasteiger partial charge >= 0.3 is 0 Å². The Morgan fingerprint density at radius 1 is 0.719 bits per heavy atom. The van der Waals surface area contributed by atoms with Crippen molar-refractivity contribution in [3.63, 3.8) is 0 Å². The molecule has 0 aliphatic carbocycles. The first-order valence-corrected chi connectivity index (χ1v) is 9.83. The van der Waals surface area contributed by atoms with E-state index in [9.17, 15) is 19.7 Å². The first-order chi connectivity index (χ1) is 15.5. The lowest BCUT2D eigenvalue weighted by Gasteiger charge is -2.19. The van der Waals surface area contributed by atoms with Crippen molar-refractivity contribution < 1.29 is 14.5 Å². The van der Waals surface area contributed by atoms with Gasteiger partial charge < -0.3 is 10.6 Å². The van der Waals surface area contributed by atoms with E-state index in [0.717, 1.165) is 11.1 Å². The molecule has 3 rings (SSSR count). The maximum Gasteiger partial charge on any atom is 0.276 e. The zero-order chi connectivity index (χ0) is 22.8. The molecular formula is C25H21N3O4. The Balaban J connectivity index is 1.80. The molecule has 2 N–H and O–H groups in total. The number of carbonyl (C=O) groups is 2. The molecule has 3 aromatic carbocycles. The lowest BCUT2D eigenvalue weighted by atomic mass is 10.1. The van der Waals surface area contributed by atoms with Crippen LogP contribution in [0.25, 0.3) is 12.2 Å². The number of hydrogen-bond donors (Lipinski definition) is 2.